The van der Waals surface area contributed by atoms with Crippen LogP contribution in [0.4, 0.5) is 0 Å². The molecule has 0 fully saturated rings. The van der Waals surface area contributed by atoms with Gasteiger partial charge in [0.2, 0.25) is 0 Å². The number of aryl methyl sites for hydroxylation is 1. The van der Waals surface area contributed by atoms with Gasteiger partial charge < -0.3 is 20.1 Å². The average molecular weight is 359 g/mol. The molecule has 0 saturated heterocycles. The number of hydrogen-bond acceptors (Lipinski definition) is 3. The lowest BCUT2D eigenvalue weighted by Crippen LogP contribution is -2.37. The van der Waals surface area contributed by atoms with Gasteiger partial charge in [-0.15, -0.1) is 0 Å². The normalized spacial score (nSPS) is 10.2. The molecule has 25 heavy (non-hydrogen) atoms. The molecule has 4 nitrogen and oxygen atoms in total. The molecule has 5 heteroatoms. The van der Waals surface area contributed by atoms with Gasteiger partial charge in [0.05, 0.1) is 14.2 Å². The molecule has 0 aliphatic carbocycles. The SMILES string of the molecule is COc1ccccc1CCNC(=S)NCCc1cc(C)ccc1OC. The summed E-state index contributed by atoms with van der Waals surface area (Å²) in [5, 5.41) is 7.16. The summed E-state index contributed by atoms with van der Waals surface area (Å²) in [5.74, 6) is 1.83. The van der Waals surface area contributed by atoms with E-state index in [1.54, 1.807) is 14.2 Å². The Morgan fingerprint density at radius 2 is 1.48 bits per heavy atom. The van der Waals surface area contributed by atoms with Crippen molar-refractivity contribution in [3.63, 3.8) is 0 Å². The van der Waals surface area contributed by atoms with E-state index in [0.717, 1.165) is 37.4 Å². The van der Waals surface area contributed by atoms with Crippen molar-refractivity contribution < 1.29 is 9.47 Å². The zero-order valence-corrected chi connectivity index (χ0v) is 15.9. The summed E-state index contributed by atoms with van der Waals surface area (Å²) >= 11 is 5.35. The van der Waals surface area contributed by atoms with Crippen LogP contribution >= 0.6 is 12.2 Å². The van der Waals surface area contributed by atoms with Crippen molar-refractivity contribution in [2.45, 2.75) is 19.8 Å². The second-order valence-corrected chi connectivity index (χ2v) is 6.22. The second kappa shape index (κ2) is 9.89. The molecule has 0 aliphatic heterocycles. The van der Waals surface area contributed by atoms with Crippen LogP contribution < -0.4 is 20.1 Å². The van der Waals surface area contributed by atoms with Crippen LogP contribution in [0.3, 0.4) is 0 Å². The lowest BCUT2D eigenvalue weighted by atomic mass is 10.1. The van der Waals surface area contributed by atoms with Gasteiger partial charge in [-0.3, -0.25) is 0 Å². The molecule has 0 bridgehead atoms. The van der Waals surface area contributed by atoms with Crippen LogP contribution in [-0.2, 0) is 12.8 Å². The van der Waals surface area contributed by atoms with Crippen LogP contribution in [0.25, 0.3) is 0 Å². The van der Waals surface area contributed by atoms with Crippen LogP contribution in [0.1, 0.15) is 16.7 Å². The fraction of sp³-hybridized carbons (Fsp3) is 0.350. The summed E-state index contributed by atoms with van der Waals surface area (Å²) < 4.78 is 10.8. The molecule has 0 aromatic heterocycles. The van der Waals surface area contributed by atoms with E-state index in [9.17, 15) is 0 Å². The van der Waals surface area contributed by atoms with E-state index < -0.39 is 0 Å². The van der Waals surface area contributed by atoms with Crippen LogP contribution in [0.15, 0.2) is 42.5 Å². The topological polar surface area (TPSA) is 42.5 Å². The minimum atomic E-state index is 0.668. The fourth-order valence-corrected chi connectivity index (χ4v) is 2.90. The third-order valence-electron chi connectivity index (χ3n) is 3.99. The predicted octanol–water partition coefficient (Wildman–Crippen LogP) is 3.26. The molecule has 2 aromatic rings. The Balaban J connectivity index is 1.73. The van der Waals surface area contributed by atoms with E-state index in [-0.39, 0.29) is 0 Å². The van der Waals surface area contributed by atoms with Gasteiger partial charge in [0.15, 0.2) is 5.11 Å². The maximum atomic E-state index is 5.41. The minimum Gasteiger partial charge on any atom is -0.496 e. The van der Waals surface area contributed by atoms with Gasteiger partial charge in [0.1, 0.15) is 11.5 Å². The molecule has 0 amide bonds. The molecule has 2 N–H and O–H groups in total. The molecular weight excluding hydrogens is 332 g/mol. The average Bonchev–Trinajstić information content (AvgIpc) is 2.62. The molecule has 0 saturated carbocycles. The number of methoxy groups -OCH3 is 2. The van der Waals surface area contributed by atoms with Gasteiger partial charge in [-0.1, -0.05) is 35.9 Å². The van der Waals surface area contributed by atoms with Crippen LogP contribution in [0.2, 0.25) is 0 Å². The van der Waals surface area contributed by atoms with Crippen molar-refractivity contribution in [2.24, 2.45) is 0 Å². The van der Waals surface area contributed by atoms with Crippen LogP contribution in [-0.4, -0.2) is 32.4 Å². The lowest BCUT2D eigenvalue weighted by molar-refractivity contribution is 0.409. The highest BCUT2D eigenvalue weighted by Crippen LogP contribution is 2.20. The van der Waals surface area contributed by atoms with Crippen molar-refractivity contribution in [2.75, 3.05) is 27.3 Å². The summed E-state index contributed by atoms with van der Waals surface area (Å²) in [6.45, 7) is 3.61. The molecule has 0 heterocycles. The first-order valence-corrected chi connectivity index (χ1v) is 8.82. The molecule has 0 aliphatic rings. The number of nitrogens with one attached hydrogen (secondary N) is 2. The molecule has 0 unspecified atom stereocenters. The highest BCUT2D eigenvalue weighted by molar-refractivity contribution is 7.80. The highest BCUT2D eigenvalue weighted by Gasteiger charge is 2.04. The largest absolute Gasteiger partial charge is 0.496 e. The van der Waals surface area contributed by atoms with Gasteiger partial charge in [-0.05, 0) is 55.2 Å². The van der Waals surface area contributed by atoms with E-state index in [4.69, 9.17) is 21.7 Å². The monoisotopic (exact) mass is 358 g/mol. The second-order valence-electron chi connectivity index (χ2n) is 5.81. The third kappa shape index (κ3) is 5.94. The van der Waals surface area contributed by atoms with Crippen LogP contribution in [0.5, 0.6) is 11.5 Å². The first-order chi connectivity index (χ1) is 12.1. The quantitative estimate of drug-likeness (QED) is 0.709. The first-order valence-electron chi connectivity index (χ1n) is 8.41. The minimum absolute atomic E-state index is 0.668. The molecule has 134 valence electrons. The summed E-state index contributed by atoms with van der Waals surface area (Å²) in [7, 11) is 3.39. The Hall–Kier alpha value is -2.27. The van der Waals surface area contributed by atoms with Crippen molar-refractivity contribution >= 4 is 17.3 Å². The molecule has 2 aromatic carbocycles. The summed E-state index contributed by atoms with van der Waals surface area (Å²) in [4.78, 5) is 0. The van der Waals surface area contributed by atoms with Crippen molar-refractivity contribution in [1.82, 2.24) is 10.6 Å². The van der Waals surface area contributed by atoms with Gasteiger partial charge >= 0.3 is 0 Å². The zero-order chi connectivity index (χ0) is 18.1. The Bertz CT molecular complexity index is 704. The van der Waals surface area contributed by atoms with Crippen LogP contribution in [0, 0.1) is 6.92 Å². The number of para-hydroxylation sites is 1. The van der Waals surface area contributed by atoms with E-state index in [0.29, 0.717) is 5.11 Å². The molecular formula is C20H26N2O2S. The Labute approximate surface area is 155 Å². The summed E-state index contributed by atoms with van der Waals surface area (Å²) in [6, 6.07) is 14.3. The van der Waals surface area contributed by atoms with Gasteiger partial charge in [0.25, 0.3) is 0 Å². The molecule has 2 rings (SSSR count). The van der Waals surface area contributed by atoms with E-state index in [2.05, 4.69) is 35.8 Å². The zero-order valence-electron chi connectivity index (χ0n) is 15.1. The number of thiocarbonyl (C=S) groups is 1. The van der Waals surface area contributed by atoms with Crippen molar-refractivity contribution in [3.8, 4) is 11.5 Å². The van der Waals surface area contributed by atoms with E-state index in [1.807, 2.05) is 24.3 Å². The lowest BCUT2D eigenvalue weighted by Gasteiger charge is -2.13. The maximum Gasteiger partial charge on any atom is 0.166 e. The Morgan fingerprint density at radius 3 is 2.16 bits per heavy atom. The fourth-order valence-electron chi connectivity index (χ4n) is 2.70. The predicted molar refractivity (Wildman–Crippen MR) is 107 cm³/mol. The Morgan fingerprint density at radius 1 is 0.880 bits per heavy atom. The summed E-state index contributed by atoms with van der Waals surface area (Å²) in [6.07, 6.45) is 1.72. The van der Waals surface area contributed by atoms with Crippen molar-refractivity contribution in [3.05, 3.63) is 59.2 Å². The maximum absolute atomic E-state index is 5.41. The number of rotatable bonds is 8. The summed E-state index contributed by atoms with van der Waals surface area (Å²) in [5.41, 5.74) is 3.59. The molecule has 0 radical (unpaired) electrons. The first kappa shape index (κ1) is 19.1. The Kier molecular flexibility index (Phi) is 7.54. The van der Waals surface area contributed by atoms with E-state index in [1.165, 1.54) is 16.7 Å². The van der Waals surface area contributed by atoms with Gasteiger partial charge in [0, 0.05) is 13.1 Å². The number of benzene rings is 2. The molecule has 0 spiro atoms. The third-order valence-corrected chi connectivity index (χ3v) is 4.28. The van der Waals surface area contributed by atoms with Gasteiger partial charge in [-0.2, -0.15) is 0 Å². The highest BCUT2D eigenvalue weighted by atomic mass is 32.1. The van der Waals surface area contributed by atoms with E-state index >= 15 is 0 Å². The van der Waals surface area contributed by atoms with Gasteiger partial charge in [-0.25, -0.2) is 0 Å². The van der Waals surface area contributed by atoms with Crippen molar-refractivity contribution in [1.29, 1.82) is 0 Å². The number of ether oxygens (including phenoxy) is 2. The standard InChI is InChI=1S/C20H26N2O2S/c1-15-8-9-19(24-3)17(14-15)11-13-22-20(25)21-12-10-16-6-4-5-7-18(16)23-2/h4-9,14H,10-13H2,1-3H3,(H2,21,22,25). The smallest absolute Gasteiger partial charge is 0.166 e. The molecule has 0 atom stereocenters. The number of hydrogen-bond donors (Lipinski definition) is 2.